The molecule has 5 rings (SSSR count). The van der Waals surface area contributed by atoms with E-state index in [1.54, 1.807) is 0 Å². The fraction of sp³-hybridized carbons (Fsp3) is 0.682. The van der Waals surface area contributed by atoms with Crippen LogP contribution in [0.2, 0.25) is 0 Å². The quantitative estimate of drug-likeness (QED) is 0.645. The number of carbonyl (C=O) groups excluding carboxylic acids is 1. The molecule has 3 atom stereocenters. The molecule has 4 aliphatic rings. The number of benzene rings is 1. The van der Waals surface area contributed by atoms with Gasteiger partial charge in [0.25, 0.3) is 0 Å². The first kappa shape index (κ1) is 17.6. The van der Waals surface area contributed by atoms with Crippen molar-refractivity contribution >= 4 is 21.8 Å². The highest BCUT2D eigenvalue weighted by atomic mass is 79.9. The van der Waals surface area contributed by atoms with E-state index in [4.69, 9.17) is 0 Å². The van der Waals surface area contributed by atoms with Crippen LogP contribution in [0.25, 0.3) is 0 Å². The topological polar surface area (TPSA) is 29.1 Å². The standard InChI is InChI=1S/C22H30BrNO/c1-16(7-8-17-5-3-2-4-6-17)24-20(25)14-21-10-18-9-19(11-21)13-22(23,12-18)15-21/h2-6,16,18-19H,7-15H2,1H3,(H,24,25)/t16-,18+,19+,21?,22?/m0/s1. The lowest BCUT2D eigenvalue weighted by atomic mass is 9.48. The van der Waals surface area contributed by atoms with E-state index in [1.165, 1.54) is 44.1 Å². The van der Waals surface area contributed by atoms with E-state index in [1.807, 2.05) is 0 Å². The fourth-order valence-corrected chi connectivity index (χ4v) is 7.82. The summed E-state index contributed by atoms with van der Waals surface area (Å²) < 4.78 is 0.344. The SMILES string of the molecule is C[C@@H](CCc1ccccc1)NC(=O)CC12C[C@H]3C[C@@H](CC(Br)(C3)C1)C2. The zero-order chi connectivity index (χ0) is 17.5. The van der Waals surface area contributed by atoms with Gasteiger partial charge in [0.1, 0.15) is 0 Å². The largest absolute Gasteiger partial charge is 0.354 e. The molecule has 2 nitrogen and oxygen atoms in total. The lowest BCUT2D eigenvalue weighted by Crippen LogP contribution is -2.54. The molecular formula is C22H30BrNO. The summed E-state index contributed by atoms with van der Waals surface area (Å²) >= 11 is 4.05. The summed E-state index contributed by atoms with van der Waals surface area (Å²) in [5.74, 6) is 1.98. The van der Waals surface area contributed by atoms with E-state index in [0.717, 1.165) is 31.1 Å². The number of nitrogens with one attached hydrogen (secondary N) is 1. The summed E-state index contributed by atoms with van der Waals surface area (Å²) in [6, 6.07) is 10.8. The third-order valence-corrected chi connectivity index (χ3v) is 7.69. The maximum atomic E-state index is 12.7. The van der Waals surface area contributed by atoms with Crippen LogP contribution < -0.4 is 5.32 Å². The molecule has 3 heteroatoms. The van der Waals surface area contributed by atoms with Crippen LogP contribution in [-0.2, 0) is 11.2 Å². The molecule has 4 bridgehead atoms. The van der Waals surface area contributed by atoms with Crippen molar-refractivity contribution in [3.8, 4) is 0 Å². The number of alkyl halides is 1. The molecule has 1 N–H and O–H groups in total. The number of rotatable bonds is 6. The Morgan fingerprint density at radius 2 is 1.88 bits per heavy atom. The molecule has 0 unspecified atom stereocenters. The molecule has 0 heterocycles. The second kappa shape index (κ2) is 6.72. The first-order valence-corrected chi connectivity index (χ1v) is 10.8. The second-order valence-corrected chi connectivity index (χ2v) is 11.0. The van der Waals surface area contributed by atoms with E-state index in [2.05, 4.69) is 58.5 Å². The summed E-state index contributed by atoms with van der Waals surface area (Å²) in [4.78, 5) is 12.7. The van der Waals surface area contributed by atoms with E-state index in [0.29, 0.717) is 4.32 Å². The predicted octanol–water partition coefficient (Wildman–Crippen LogP) is 5.25. The average molecular weight is 404 g/mol. The van der Waals surface area contributed by atoms with Crippen molar-refractivity contribution in [2.24, 2.45) is 17.3 Å². The monoisotopic (exact) mass is 403 g/mol. The lowest BCUT2D eigenvalue weighted by molar-refractivity contribution is -0.128. The summed E-state index contributed by atoms with van der Waals surface area (Å²) in [7, 11) is 0. The maximum Gasteiger partial charge on any atom is 0.220 e. The van der Waals surface area contributed by atoms with Crippen LogP contribution in [0.15, 0.2) is 30.3 Å². The Kier molecular flexibility index (Phi) is 4.72. The highest BCUT2D eigenvalue weighted by Crippen LogP contribution is 2.65. The smallest absolute Gasteiger partial charge is 0.220 e. The number of aryl methyl sites for hydroxylation is 1. The van der Waals surface area contributed by atoms with Crippen molar-refractivity contribution in [3.05, 3.63) is 35.9 Å². The molecule has 1 amide bonds. The molecule has 0 saturated heterocycles. The Bertz CT molecular complexity index is 614. The zero-order valence-corrected chi connectivity index (χ0v) is 16.9. The highest BCUT2D eigenvalue weighted by Gasteiger charge is 2.57. The Hall–Kier alpha value is -0.830. The van der Waals surface area contributed by atoms with Crippen LogP contribution in [0.4, 0.5) is 0 Å². The van der Waals surface area contributed by atoms with E-state index < -0.39 is 0 Å². The van der Waals surface area contributed by atoms with Crippen molar-refractivity contribution in [1.29, 1.82) is 0 Å². The van der Waals surface area contributed by atoms with Gasteiger partial charge in [-0.15, -0.1) is 0 Å². The average Bonchev–Trinajstić information content (AvgIpc) is 2.50. The first-order chi connectivity index (χ1) is 11.9. The molecule has 4 aliphatic carbocycles. The molecule has 1 aromatic rings. The zero-order valence-electron chi connectivity index (χ0n) is 15.3. The Morgan fingerprint density at radius 1 is 1.20 bits per heavy atom. The molecule has 25 heavy (non-hydrogen) atoms. The normalized spacial score (nSPS) is 37.0. The van der Waals surface area contributed by atoms with Crippen LogP contribution >= 0.6 is 15.9 Å². The molecule has 0 radical (unpaired) electrons. The van der Waals surface area contributed by atoms with E-state index >= 15 is 0 Å². The maximum absolute atomic E-state index is 12.7. The minimum absolute atomic E-state index is 0.250. The van der Waals surface area contributed by atoms with Crippen LogP contribution in [0.3, 0.4) is 0 Å². The fourth-order valence-electron chi connectivity index (χ4n) is 6.31. The van der Waals surface area contributed by atoms with Crippen LogP contribution in [0.1, 0.15) is 63.9 Å². The van der Waals surface area contributed by atoms with Gasteiger partial charge in [0.2, 0.25) is 5.91 Å². The van der Waals surface area contributed by atoms with Crippen molar-refractivity contribution in [3.63, 3.8) is 0 Å². The highest BCUT2D eigenvalue weighted by molar-refractivity contribution is 9.10. The Balaban J connectivity index is 1.30. The number of halogens is 1. The van der Waals surface area contributed by atoms with Gasteiger partial charge >= 0.3 is 0 Å². The van der Waals surface area contributed by atoms with E-state index in [-0.39, 0.29) is 17.4 Å². The summed E-state index contributed by atoms with van der Waals surface area (Å²) in [5, 5.41) is 3.28. The van der Waals surface area contributed by atoms with Crippen molar-refractivity contribution in [1.82, 2.24) is 5.32 Å². The van der Waals surface area contributed by atoms with Gasteiger partial charge in [-0.25, -0.2) is 0 Å². The van der Waals surface area contributed by atoms with Crippen molar-refractivity contribution < 1.29 is 4.79 Å². The Morgan fingerprint density at radius 3 is 2.52 bits per heavy atom. The van der Waals surface area contributed by atoms with Gasteiger partial charge in [-0.05, 0) is 81.1 Å². The van der Waals surface area contributed by atoms with Gasteiger partial charge in [0, 0.05) is 16.8 Å². The number of hydrogen-bond donors (Lipinski definition) is 1. The van der Waals surface area contributed by atoms with Gasteiger partial charge in [-0.3, -0.25) is 4.79 Å². The van der Waals surface area contributed by atoms with Gasteiger partial charge in [0.15, 0.2) is 0 Å². The molecule has 0 aliphatic heterocycles. The number of hydrogen-bond acceptors (Lipinski definition) is 1. The van der Waals surface area contributed by atoms with Gasteiger partial charge < -0.3 is 5.32 Å². The molecular weight excluding hydrogens is 374 g/mol. The molecule has 136 valence electrons. The number of amides is 1. The molecule has 0 aromatic heterocycles. The minimum atomic E-state index is 0.250. The van der Waals surface area contributed by atoms with Crippen LogP contribution in [0, 0.1) is 17.3 Å². The Labute approximate surface area is 160 Å². The molecule has 1 aromatic carbocycles. The minimum Gasteiger partial charge on any atom is -0.354 e. The summed E-state index contributed by atoms with van der Waals surface area (Å²) in [6.07, 6.45) is 10.6. The van der Waals surface area contributed by atoms with Crippen molar-refractivity contribution in [2.45, 2.75) is 75.1 Å². The lowest BCUT2D eigenvalue weighted by Gasteiger charge is -2.60. The molecule has 4 fully saturated rings. The summed E-state index contributed by atoms with van der Waals surface area (Å²) in [6.45, 7) is 2.15. The first-order valence-electron chi connectivity index (χ1n) is 9.96. The summed E-state index contributed by atoms with van der Waals surface area (Å²) in [5.41, 5.74) is 1.63. The van der Waals surface area contributed by atoms with Crippen LogP contribution in [0.5, 0.6) is 0 Å². The van der Waals surface area contributed by atoms with Gasteiger partial charge in [-0.2, -0.15) is 0 Å². The van der Waals surface area contributed by atoms with Gasteiger partial charge in [0.05, 0.1) is 0 Å². The third-order valence-electron chi connectivity index (χ3n) is 6.76. The predicted molar refractivity (Wildman–Crippen MR) is 106 cm³/mol. The second-order valence-electron chi connectivity index (χ2n) is 9.28. The van der Waals surface area contributed by atoms with Gasteiger partial charge in [-0.1, -0.05) is 46.3 Å². The van der Waals surface area contributed by atoms with Crippen LogP contribution in [-0.4, -0.2) is 16.3 Å². The molecule has 0 spiro atoms. The van der Waals surface area contributed by atoms with E-state index in [9.17, 15) is 4.79 Å². The number of carbonyl (C=O) groups is 1. The molecule has 4 saturated carbocycles. The third kappa shape index (κ3) is 3.97. The van der Waals surface area contributed by atoms with Crippen molar-refractivity contribution in [2.75, 3.05) is 0 Å².